The van der Waals surface area contributed by atoms with Crippen molar-refractivity contribution in [2.24, 2.45) is 0 Å². The topological polar surface area (TPSA) is 3.24 Å². The number of hydrogen-bond donors (Lipinski definition) is 0. The van der Waals surface area contributed by atoms with Crippen LogP contribution in [0.5, 0.6) is 0 Å². The van der Waals surface area contributed by atoms with Gasteiger partial charge in [0.05, 0.1) is 6.54 Å². The monoisotopic (exact) mass is 145 g/mol. The SMILES string of the molecule is FC(F)CCCN(F)F. The average Bonchev–Trinajstić information content (AvgIpc) is 1.63. The highest BCUT2D eigenvalue weighted by atomic mass is 19.4. The van der Waals surface area contributed by atoms with Crippen molar-refractivity contribution in [1.82, 2.24) is 5.34 Å². The zero-order valence-electron chi connectivity index (χ0n) is 4.66. The first-order valence-corrected chi connectivity index (χ1v) is 2.50. The zero-order chi connectivity index (χ0) is 7.28. The third-order valence-electron chi connectivity index (χ3n) is 0.749. The molecule has 0 N–H and O–H groups in total. The number of hydrogen-bond acceptors (Lipinski definition) is 1. The highest BCUT2D eigenvalue weighted by molar-refractivity contribution is 4.41. The molecule has 0 amide bonds. The molecule has 0 aliphatic rings. The molecule has 0 rings (SSSR count). The maximum Gasteiger partial charge on any atom is 0.238 e. The molecule has 5 heteroatoms. The van der Waals surface area contributed by atoms with Crippen molar-refractivity contribution in [2.45, 2.75) is 19.3 Å². The van der Waals surface area contributed by atoms with E-state index >= 15 is 0 Å². The molecule has 0 aliphatic carbocycles. The van der Waals surface area contributed by atoms with Crippen molar-refractivity contribution in [1.29, 1.82) is 0 Å². The lowest BCUT2D eigenvalue weighted by Crippen LogP contribution is -2.04. The largest absolute Gasteiger partial charge is 0.238 e. The van der Waals surface area contributed by atoms with E-state index in [4.69, 9.17) is 0 Å². The molecule has 0 unspecified atom stereocenters. The van der Waals surface area contributed by atoms with Crippen LogP contribution >= 0.6 is 0 Å². The molecule has 9 heavy (non-hydrogen) atoms. The van der Waals surface area contributed by atoms with E-state index in [-0.39, 0.29) is 6.42 Å². The lowest BCUT2D eigenvalue weighted by Gasteiger charge is -1.98. The number of alkyl halides is 2. The summed E-state index contributed by atoms with van der Waals surface area (Å²) >= 11 is 0. The van der Waals surface area contributed by atoms with Crippen LogP contribution in [0.1, 0.15) is 12.8 Å². The summed E-state index contributed by atoms with van der Waals surface area (Å²) in [6.07, 6.45) is -3.08. The molecule has 0 atom stereocenters. The Morgan fingerprint density at radius 1 is 1.22 bits per heavy atom. The fourth-order valence-electron chi connectivity index (χ4n) is 0.365. The molecule has 0 saturated heterocycles. The Bertz CT molecular complexity index is 57.6. The van der Waals surface area contributed by atoms with E-state index in [2.05, 4.69) is 0 Å². The maximum absolute atomic E-state index is 11.2. The predicted molar refractivity (Wildman–Crippen MR) is 24.2 cm³/mol. The molecule has 0 aromatic carbocycles. The normalized spacial score (nSPS) is 11.3. The second-order valence-corrected chi connectivity index (χ2v) is 1.56. The second-order valence-electron chi connectivity index (χ2n) is 1.56. The fourth-order valence-corrected chi connectivity index (χ4v) is 0.365. The number of rotatable bonds is 4. The molecule has 0 fully saturated rings. The van der Waals surface area contributed by atoms with Gasteiger partial charge in [-0.05, 0) is 6.42 Å². The summed E-state index contributed by atoms with van der Waals surface area (Å²) in [6, 6.07) is 0. The van der Waals surface area contributed by atoms with Crippen LogP contribution in [-0.4, -0.2) is 18.3 Å². The van der Waals surface area contributed by atoms with Gasteiger partial charge >= 0.3 is 0 Å². The van der Waals surface area contributed by atoms with E-state index in [1.165, 1.54) is 0 Å². The van der Waals surface area contributed by atoms with Crippen LogP contribution in [-0.2, 0) is 0 Å². The van der Waals surface area contributed by atoms with E-state index in [1.54, 1.807) is 0 Å². The van der Waals surface area contributed by atoms with Crippen LogP contribution in [0.2, 0.25) is 0 Å². The Hall–Kier alpha value is -0.320. The Labute approximate surface area is 50.1 Å². The smallest absolute Gasteiger partial charge is 0.211 e. The average molecular weight is 145 g/mol. The van der Waals surface area contributed by atoms with Gasteiger partial charge in [-0.2, -0.15) is 0 Å². The van der Waals surface area contributed by atoms with E-state index in [0.717, 1.165) is 0 Å². The third-order valence-corrected chi connectivity index (χ3v) is 0.749. The first-order chi connectivity index (χ1) is 4.13. The van der Waals surface area contributed by atoms with E-state index in [0.29, 0.717) is 0 Å². The number of halogens is 4. The van der Waals surface area contributed by atoms with Gasteiger partial charge in [-0.3, -0.25) is 0 Å². The van der Waals surface area contributed by atoms with E-state index in [9.17, 15) is 17.7 Å². The van der Waals surface area contributed by atoms with Crippen molar-refractivity contribution in [3.63, 3.8) is 0 Å². The minimum Gasteiger partial charge on any atom is -0.211 e. The van der Waals surface area contributed by atoms with Gasteiger partial charge in [0.2, 0.25) is 6.43 Å². The van der Waals surface area contributed by atoms with Gasteiger partial charge in [-0.1, -0.05) is 0 Å². The molecule has 0 aromatic rings. The molecular weight excluding hydrogens is 138 g/mol. The van der Waals surface area contributed by atoms with E-state index < -0.39 is 24.7 Å². The zero-order valence-corrected chi connectivity index (χ0v) is 4.66. The van der Waals surface area contributed by atoms with Gasteiger partial charge in [-0.15, -0.1) is 8.96 Å². The minimum atomic E-state index is -2.47. The summed E-state index contributed by atoms with van der Waals surface area (Å²) in [5, 5.41) is -1.09. The summed E-state index contributed by atoms with van der Waals surface area (Å²) in [5.41, 5.74) is 0. The molecule has 0 aliphatic heterocycles. The second kappa shape index (κ2) is 4.55. The third kappa shape index (κ3) is 7.68. The summed E-state index contributed by atoms with van der Waals surface area (Å²) < 4.78 is 44.6. The van der Waals surface area contributed by atoms with Gasteiger partial charge in [0.15, 0.2) is 0 Å². The van der Waals surface area contributed by atoms with Crippen molar-refractivity contribution in [3.05, 3.63) is 0 Å². The highest BCUT2D eigenvalue weighted by Crippen LogP contribution is 2.04. The van der Waals surface area contributed by atoms with Gasteiger partial charge in [0.25, 0.3) is 0 Å². The fraction of sp³-hybridized carbons (Fsp3) is 1.00. The van der Waals surface area contributed by atoms with Gasteiger partial charge in [0, 0.05) is 11.8 Å². The van der Waals surface area contributed by atoms with Crippen molar-refractivity contribution in [3.8, 4) is 0 Å². The van der Waals surface area contributed by atoms with Gasteiger partial charge < -0.3 is 0 Å². The van der Waals surface area contributed by atoms with Crippen LogP contribution in [0.15, 0.2) is 0 Å². The van der Waals surface area contributed by atoms with Crippen LogP contribution in [0.4, 0.5) is 17.7 Å². The molecule has 56 valence electrons. The Balaban J connectivity index is 2.91. The summed E-state index contributed by atoms with van der Waals surface area (Å²) in [7, 11) is 0. The highest BCUT2D eigenvalue weighted by Gasteiger charge is 2.04. The Kier molecular flexibility index (Phi) is 4.39. The standard InChI is InChI=1S/C4H7F4N/c5-4(6)2-1-3-9(7)8/h4H,1-3H2. The summed E-state index contributed by atoms with van der Waals surface area (Å²) in [6.45, 7) is -0.579. The predicted octanol–water partition coefficient (Wildman–Crippen LogP) is 2.10. The van der Waals surface area contributed by atoms with Crippen LogP contribution < -0.4 is 0 Å². The van der Waals surface area contributed by atoms with Crippen LogP contribution in [0.3, 0.4) is 0 Å². The maximum atomic E-state index is 11.2. The summed E-state index contributed by atoms with van der Waals surface area (Å²) in [4.78, 5) is 0. The minimum absolute atomic E-state index is 0.162. The van der Waals surface area contributed by atoms with Crippen LogP contribution in [0, 0.1) is 0 Å². The van der Waals surface area contributed by atoms with Crippen molar-refractivity contribution < 1.29 is 17.7 Å². The quantitative estimate of drug-likeness (QED) is 0.432. The Morgan fingerprint density at radius 2 is 1.78 bits per heavy atom. The molecule has 0 aromatic heterocycles. The first-order valence-electron chi connectivity index (χ1n) is 2.50. The lowest BCUT2D eigenvalue weighted by atomic mass is 10.3. The lowest BCUT2D eigenvalue weighted by molar-refractivity contribution is -0.154. The van der Waals surface area contributed by atoms with Crippen molar-refractivity contribution >= 4 is 0 Å². The summed E-state index contributed by atoms with van der Waals surface area (Å²) in [5.74, 6) is 0. The van der Waals surface area contributed by atoms with E-state index in [1.807, 2.05) is 0 Å². The molecule has 0 heterocycles. The molecular formula is C4H7F4N. The molecule has 1 nitrogen and oxygen atoms in total. The molecule has 0 saturated carbocycles. The first kappa shape index (κ1) is 8.68. The molecule has 0 spiro atoms. The molecule has 0 radical (unpaired) electrons. The van der Waals surface area contributed by atoms with Crippen molar-refractivity contribution in [2.75, 3.05) is 6.54 Å². The van der Waals surface area contributed by atoms with Gasteiger partial charge in [-0.25, -0.2) is 8.78 Å². The van der Waals surface area contributed by atoms with Crippen LogP contribution in [0.25, 0.3) is 0 Å². The Morgan fingerprint density at radius 3 is 2.11 bits per heavy atom. The number of nitrogens with zero attached hydrogens (tertiary/aromatic N) is 1. The van der Waals surface area contributed by atoms with Gasteiger partial charge in [0.1, 0.15) is 0 Å². The molecule has 0 bridgehead atoms.